The molecule has 1 atom stereocenters. The molecule has 1 aromatic carbocycles. The van der Waals surface area contributed by atoms with E-state index in [9.17, 15) is 4.79 Å². The molecule has 1 saturated carbocycles. The number of carbonyl (C=O) groups excluding carboxylic acids is 1. The highest BCUT2D eigenvalue weighted by atomic mass is 16.5. The Bertz CT molecular complexity index is 631. The first-order valence-electron chi connectivity index (χ1n) is 10.1. The van der Waals surface area contributed by atoms with Crippen LogP contribution in [0, 0.1) is 0 Å². The van der Waals surface area contributed by atoms with Crippen molar-refractivity contribution in [2.75, 3.05) is 33.9 Å². The number of likely N-dealkylation sites (N-methyl/N-ethyl adjacent to an activating group) is 1. The summed E-state index contributed by atoms with van der Waals surface area (Å²) in [6.45, 7) is 5.80. The fraction of sp³-hybridized carbons (Fsp3) is 0.667. The van der Waals surface area contributed by atoms with Crippen LogP contribution in [-0.4, -0.2) is 61.8 Å². The molecule has 3 rings (SSSR count). The standard InChI is InChI=1S/C21H33N3O3/c1-4-23-12-11-17(15-23)22-21(25)24(18-7-5-6-8-18)14-16-9-10-19(26-2)13-20(16)27-3/h9-10,13,17-18H,4-8,11-12,14-15H2,1-3H3,(H,22,25)/t17-/m1/s1. The fourth-order valence-corrected chi connectivity index (χ4v) is 4.24. The lowest BCUT2D eigenvalue weighted by Gasteiger charge is -2.31. The monoisotopic (exact) mass is 375 g/mol. The van der Waals surface area contributed by atoms with Crippen LogP contribution < -0.4 is 14.8 Å². The van der Waals surface area contributed by atoms with E-state index < -0.39 is 0 Å². The quantitative estimate of drug-likeness (QED) is 0.795. The van der Waals surface area contributed by atoms with Gasteiger partial charge in [0.15, 0.2) is 0 Å². The Morgan fingerprint density at radius 2 is 2.00 bits per heavy atom. The van der Waals surface area contributed by atoms with E-state index in [2.05, 4.69) is 17.1 Å². The average molecular weight is 376 g/mol. The van der Waals surface area contributed by atoms with Crippen LogP contribution in [0.5, 0.6) is 11.5 Å². The Balaban J connectivity index is 1.73. The first-order valence-corrected chi connectivity index (χ1v) is 10.1. The molecule has 2 aliphatic rings. The summed E-state index contributed by atoms with van der Waals surface area (Å²) >= 11 is 0. The van der Waals surface area contributed by atoms with E-state index in [1.807, 2.05) is 23.1 Å². The summed E-state index contributed by atoms with van der Waals surface area (Å²) < 4.78 is 10.8. The van der Waals surface area contributed by atoms with Gasteiger partial charge in [-0.05, 0) is 37.9 Å². The SMILES string of the molecule is CCN1CC[C@@H](NC(=O)N(Cc2ccc(OC)cc2OC)C2CCCC2)C1. The van der Waals surface area contributed by atoms with Crippen molar-refractivity contribution in [3.05, 3.63) is 23.8 Å². The Kier molecular flexibility index (Phi) is 6.83. The molecule has 0 bridgehead atoms. The van der Waals surface area contributed by atoms with E-state index >= 15 is 0 Å². The van der Waals surface area contributed by atoms with Crippen LogP contribution in [-0.2, 0) is 6.54 Å². The van der Waals surface area contributed by atoms with E-state index in [1.165, 1.54) is 12.8 Å². The van der Waals surface area contributed by atoms with Crippen LogP contribution in [0.2, 0.25) is 0 Å². The van der Waals surface area contributed by atoms with Gasteiger partial charge in [0, 0.05) is 36.8 Å². The number of ether oxygens (including phenoxy) is 2. The Morgan fingerprint density at radius 1 is 1.22 bits per heavy atom. The molecule has 6 heteroatoms. The molecule has 0 radical (unpaired) electrons. The number of amides is 2. The summed E-state index contributed by atoms with van der Waals surface area (Å²) in [4.78, 5) is 17.5. The number of urea groups is 1. The number of nitrogens with one attached hydrogen (secondary N) is 1. The Morgan fingerprint density at radius 3 is 2.63 bits per heavy atom. The molecule has 0 aromatic heterocycles. The lowest BCUT2D eigenvalue weighted by molar-refractivity contribution is 0.166. The average Bonchev–Trinajstić information content (AvgIpc) is 3.37. The van der Waals surface area contributed by atoms with Crippen molar-refractivity contribution >= 4 is 6.03 Å². The van der Waals surface area contributed by atoms with Crippen molar-refractivity contribution in [1.82, 2.24) is 15.1 Å². The summed E-state index contributed by atoms with van der Waals surface area (Å²) in [6.07, 6.45) is 5.59. The third kappa shape index (κ3) is 4.86. The normalized spacial score (nSPS) is 20.6. The maximum Gasteiger partial charge on any atom is 0.318 e. The lowest BCUT2D eigenvalue weighted by Crippen LogP contribution is -2.48. The van der Waals surface area contributed by atoms with E-state index in [0.717, 1.165) is 56.0 Å². The molecule has 0 spiro atoms. The van der Waals surface area contributed by atoms with Gasteiger partial charge in [-0.2, -0.15) is 0 Å². The number of nitrogens with zero attached hydrogens (tertiary/aromatic N) is 2. The topological polar surface area (TPSA) is 54.0 Å². The summed E-state index contributed by atoms with van der Waals surface area (Å²) in [6, 6.07) is 6.43. The number of likely N-dealkylation sites (tertiary alicyclic amines) is 1. The molecular weight excluding hydrogens is 342 g/mol. The highest BCUT2D eigenvalue weighted by Crippen LogP contribution is 2.30. The number of hydrogen-bond donors (Lipinski definition) is 1. The number of methoxy groups -OCH3 is 2. The highest BCUT2D eigenvalue weighted by Gasteiger charge is 2.30. The summed E-state index contributed by atoms with van der Waals surface area (Å²) in [5, 5.41) is 3.28. The van der Waals surface area contributed by atoms with Crippen LogP contribution in [0.4, 0.5) is 4.79 Å². The lowest BCUT2D eigenvalue weighted by atomic mass is 10.1. The van der Waals surface area contributed by atoms with Gasteiger partial charge in [-0.3, -0.25) is 0 Å². The van der Waals surface area contributed by atoms with Crippen molar-refractivity contribution in [2.24, 2.45) is 0 Å². The second-order valence-electron chi connectivity index (χ2n) is 7.57. The number of rotatable bonds is 7. The number of carbonyl (C=O) groups is 1. The number of hydrogen-bond acceptors (Lipinski definition) is 4. The molecule has 1 saturated heterocycles. The Labute approximate surface area is 162 Å². The molecule has 0 unspecified atom stereocenters. The second kappa shape index (κ2) is 9.31. The predicted octanol–water partition coefficient (Wildman–Crippen LogP) is 3.25. The van der Waals surface area contributed by atoms with Gasteiger partial charge in [0.05, 0.1) is 20.8 Å². The second-order valence-corrected chi connectivity index (χ2v) is 7.57. The van der Waals surface area contributed by atoms with E-state index in [-0.39, 0.29) is 12.1 Å². The zero-order valence-corrected chi connectivity index (χ0v) is 16.9. The molecular formula is C21H33N3O3. The minimum absolute atomic E-state index is 0.0581. The first kappa shape index (κ1) is 19.8. The van der Waals surface area contributed by atoms with E-state index in [1.54, 1.807) is 14.2 Å². The fourth-order valence-electron chi connectivity index (χ4n) is 4.24. The van der Waals surface area contributed by atoms with Crippen molar-refractivity contribution < 1.29 is 14.3 Å². The Hall–Kier alpha value is -1.95. The summed E-state index contributed by atoms with van der Waals surface area (Å²) in [7, 11) is 3.31. The smallest absolute Gasteiger partial charge is 0.318 e. The van der Waals surface area contributed by atoms with Crippen LogP contribution >= 0.6 is 0 Å². The predicted molar refractivity (Wildman–Crippen MR) is 106 cm³/mol. The minimum Gasteiger partial charge on any atom is -0.497 e. The van der Waals surface area contributed by atoms with Crippen LogP contribution in [0.1, 0.15) is 44.6 Å². The van der Waals surface area contributed by atoms with Crippen LogP contribution in [0.25, 0.3) is 0 Å². The number of benzene rings is 1. The molecule has 1 aliphatic heterocycles. The van der Waals surface area contributed by atoms with Gasteiger partial charge in [0.1, 0.15) is 11.5 Å². The highest BCUT2D eigenvalue weighted by molar-refractivity contribution is 5.75. The van der Waals surface area contributed by atoms with Gasteiger partial charge in [-0.1, -0.05) is 19.8 Å². The maximum absolute atomic E-state index is 13.1. The van der Waals surface area contributed by atoms with Crippen LogP contribution in [0.15, 0.2) is 18.2 Å². The van der Waals surface area contributed by atoms with Gasteiger partial charge in [0.2, 0.25) is 0 Å². The molecule has 150 valence electrons. The van der Waals surface area contributed by atoms with Gasteiger partial charge >= 0.3 is 6.03 Å². The zero-order valence-electron chi connectivity index (χ0n) is 16.9. The van der Waals surface area contributed by atoms with Gasteiger partial charge in [-0.25, -0.2) is 4.79 Å². The minimum atomic E-state index is 0.0581. The van der Waals surface area contributed by atoms with Crippen molar-refractivity contribution in [3.8, 4) is 11.5 Å². The molecule has 6 nitrogen and oxygen atoms in total. The van der Waals surface area contributed by atoms with Crippen LogP contribution in [0.3, 0.4) is 0 Å². The molecule has 1 aromatic rings. The molecule has 2 amide bonds. The summed E-state index contributed by atoms with van der Waals surface area (Å²) in [5.41, 5.74) is 1.02. The van der Waals surface area contributed by atoms with Gasteiger partial charge < -0.3 is 24.6 Å². The van der Waals surface area contributed by atoms with E-state index in [0.29, 0.717) is 12.6 Å². The van der Waals surface area contributed by atoms with Gasteiger partial charge in [-0.15, -0.1) is 0 Å². The third-order valence-corrected chi connectivity index (χ3v) is 5.91. The molecule has 2 fully saturated rings. The molecule has 1 heterocycles. The van der Waals surface area contributed by atoms with Crippen molar-refractivity contribution in [1.29, 1.82) is 0 Å². The third-order valence-electron chi connectivity index (χ3n) is 5.91. The van der Waals surface area contributed by atoms with Crippen molar-refractivity contribution in [3.63, 3.8) is 0 Å². The first-order chi connectivity index (χ1) is 13.1. The summed E-state index contributed by atoms with van der Waals surface area (Å²) in [5.74, 6) is 1.53. The van der Waals surface area contributed by atoms with Gasteiger partial charge in [0.25, 0.3) is 0 Å². The zero-order chi connectivity index (χ0) is 19.2. The molecule has 27 heavy (non-hydrogen) atoms. The maximum atomic E-state index is 13.1. The molecule has 1 aliphatic carbocycles. The molecule has 1 N–H and O–H groups in total. The van der Waals surface area contributed by atoms with E-state index in [4.69, 9.17) is 9.47 Å². The van der Waals surface area contributed by atoms with Crippen molar-refractivity contribution in [2.45, 2.75) is 57.7 Å². The largest absolute Gasteiger partial charge is 0.497 e.